The van der Waals surface area contributed by atoms with Crippen LogP contribution in [0.2, 0.25) is 0 Å². The summed E-state index contributed by atoms with van der Waals surface area (Å²) in [7, 11) is 0. The molecule has 2 N–H and O–H groups in total. The second-order valence-corrected chi connectivity index (χ2v) is 3.67. The minimum atomic E-state index is -0.421. The normalized spacial score (nSPS) is 18.6. The molecule has 3 heteroatoms. The Hall–Kier alpha value is -0.960. The molecule has 1 aromatic heterocycles. The Bertz CT molecular complexity index is 297. The largest absolute Gasteiger partial charge is 0.324 e. The molecule has 0 aliphatic heterocycles. The van der Waals surface area contributed by atoms with Crippen LogP contribution < -0.4 is 5.73 Å². The highest BCUT2D eigenvalue weighted by molar-refractivity contribution is 5.15. The van der Waals surface area contributed by atoms with Crippen molar-refractivity contribution in [2.24, 2.45) is 11.7 Å². The SMILES string of the molecule is N[C@@H](CC1CC1)c1cccnc1F. The Morgan fingerprint density at radius 2 is 2.38 bits per heavy atom. The van der Waals surface area contributed by atoms with Crippen LogP contribution in [0.1, 0.15) is 30.9 Å². The van der Waals surface area contributed by atoms with Gasteiger partial charge in [-0.05, 0) is 18.4 Å². The minimum absolute atomic E-state index is 0.179. The third-order valence-electron chi connectivity index (χ3n) is 2.47. The van der Waals surface area contributed by atoms with Gasteiger partial charge in [0.1, 0.15) is 0 Å². The van der Waals surface area contributed by atoms with E-state index in [1.54, 1.807) is 12.1 Å². The lowest BCUT2D eigenvalue weighted by molar-refractivity contribution is 0.518. The molecular formula is C10H13FN2. The number of aromatic nitrogens is 1. The van der Waals surface area contributed by atoms with Gasteiger partial charge in [-0.1, -0.05) is 18.9 Å². The zero-order valence-corrected chi connectivity index (χ0v) is 7.41. The van der Waals surface area contributed by atoms with E-state index in [0.29, 0.717) is 5.56 Å². The molecule has 0 unspecified atom stereocenters. The summed E-state index contributed by atoms with van der Waals surface area (Å²) in [6.45, 7) is 0. The quantitative estimate of drug-likeness (QED) is 0.723. The van der Waals surface area contributed by atoms with Crippen molar-refractivity contribution in [2.75, 3.05) is 0 Å². The number of rotatable bonds is 3. The molecule has 0 amide bonds. The van der Waals surface area contributed by atoms with Gasteiger partial charge in [0.2, 0.25) is 5.95 Å². The first-order valence-electron chi connectivity index (χ1n) is 4.63. The minimum Gasteiger partial charge on any atom is -0.324 e. The predicted octanol–water partition coefficient (Wildman–Crippen LogP) is 2.02. The van der Waals surface area contributed by atoms with Crippen molar-refractivity contribution in [1.82, 2.24) is 4.98 Å². The van der Waals surface area contributed by atoms with E-state index in [0.717, 1.165) is 12.3 Å². The van der Waals surface area contributed by atoms with Crippen molar-refractivity contribution in [1.29, 1.82) is 0 Å². The van der Waals surface area contributed by atoms with Crippen LogP contribution in [0.4, 0.5) is 4.39 Å². The smallest absolute Gasteiger partial charge is 0.217 e. The fourth-order valence-electron chi connectivity index (χ4n) is 1.51. The predicted molar refractivity (Wildman–Crippen MR) is 48.5 cm³/mol. The maximum Gasteiger partial charge on any atom is 0.217 e. The van der Waals surface area contributed by atoms with Crippen molar-refractivity contribution in [3.8, 4) is 0 Å². The average molecular weight is 180 g/mol. The lowest BCUT2D eigenvalue weighted by Crippen LogP contribution is -2.13. The van der Waals surface area contributed by atoms with Gasteiger partial charge in [0, 0.05) is 17.8 Å². The van der Waals surface area contributed by atoms with Crippen molar-refractivity contribution in [3.63, 3.8) is 0 Å². The molecule has 0 saturated heterocycles. The molecule has 1 aliphatic rings. The maximum atomic E-state index is 13.1. The van der Waals surface area contributed by atoms with Crippen LogP contribution in [0.25, 0.3) is 0 Å². The number of nitrogens with two attached hydrogens (primary N) is 1. The Labute approximate surface area is 77.0 Å². The molecule has 70 valence electrons. The summed E-state index contributed by atoms with van der Waals surface area (Å²) in [5.41, 5.74) is 6.41. The standard InChI is InChI=1S/C10H13FN2/c11-10-8(2-1-5-13-10)9(12)6-7-3-4-7/h1-2,5,7,9H,3-4,6,12H2/t9-/m0/s1. The van der Waals surface area contributed by atoms with Crippen LogP contribution in [0.15, 0.2) is 18.3 Å². The highest BCUT2D eigenvalue weighted by atomic mass is 19.1. The first-order valence-corrected chi connectivity index (χ1v) is 4.63. The summed E-state index contributed by atoms with van der Waals surface area (Å²) in [5, 5.41) is 0. The molecular weight excluding hydrogens is 167 g/mol. The second kappa shape index (κ2) is 3.42. The van der Waals surface area contributed by atoms with E-state index in [4.69, 9.17) is 5.73 Å². The third-order valence-corrected chi connectivity index (χ3v) is 2.47. The first-order chi connectivity index (χ1) is 6.27. The number of halogens is 1. The molecule has 2 nitrogen and oxygen atoms in total. The number of hydrogen-bond acceptors (Lipinski definition) is 2. The molecule has 0 radical (unpaired) electrons. The molecule has 1 heterocycles. The molecule has 0 bridgehead atoms. The van der Waals surface area contributed by atoms with E-state index in [9.17, 15) is 4.39 Å². The summed E-state index contributed by atoms with van der Waals surface area (Å²) < 4.78 is 13.1. The summed E-state index contributed by atoms with van der Waals surface area (Å²) in [4.78, 5) is 3.58. The Balaban J connectivity index is 2.09. The van der Waals surface area contributed by atoms with Gasteiger partial charge in [0.05, 0.1) is 0 Å². The second-order valence-electron chi connectivity index (χ2n) is 3.67. The topological polar surface area (TPSA) is 38.9 Å². The van der Waals surface area contributed by atoms with Gasteiger partial charge in [0.25, 0.3) is 0 Å². The van der Waals surface area contributed by atoms with E-state index in [2.05, 4.69) is 4.98 Å². The summed E-state index contributed by atoms with van der Waals surface area (Å²) in [6.07, 6.45) is 4.83. The lowest BCUT2D eigenvalue weighted by Gasteiger charge is -2.10. The van der Waals surface area contributed by atoms with Crippen LogP contribution in [0.5, 0.6) is 0 Å². The van der Waals surface area contributed by atoms with E-state index in [1.807, 2.05) is 0 Å². The fourth-order valence-corrected chi connectivity index (χ4v) is 1.51. The van der Waals surface area contributed by atoms with Gasteiger partial charge in [-0.25, -0.2) is 4.98 Å². The van der Waals surface area contributed by atoms with Crippen LogP contribution in [-0.2, 0) is 0 Å². The van der Waals surface area contributed by atoms with Gasteiger partial charge in [-0.3, -0.25) is 0 Å². The first kappa shape index (κ1) is 8.63. The van der Waals surface area contributed by atoms with Crippen molar-refractivity contribution < 1.29 is 4.39 Å². The van der Waals surface area contributed by atoms with Crippen LogP contribution in [0.3, 0.4) is 0 Å². The van der Waals surface area contributed by atoms with Crippen molar-refractivity contribution >= 4 is 0 Å². The molecule has 0 spiro atoms. The zero-order valence-electron chi connectivity index (χ0n) is 7.41. The van der Waals surface area contributed by atoms with Crippen molar-refractivity contribution in [3.05, 3.63) is 29.8 Å². The molecule has 1 saturated carbocycles. The van der Waals surface area contributed by atoms with E-state index in [-0.39, 0.29) is 6.04 Å². The molecule has 1 atom stereocenters. The van der Waals surface area contributed by atoms with Gasteiger partial charge in [-0.15, -0.1) is 0 Å². The van der Waals surface area contributed by atoms with Gasteiger partial charge >= 0.3 is 0 Å². The Kier molecular flexibility index (Phi) is 2.27. The van der Waals surface area contributed by atoms with E-state index in [1.165, 1.54) is 19.0 Å². The summed E-state index contributed by atoms with van der Waals surface area (Å²) >= 11 is 0. The van der Waals surface area contributed by atoms with Gasteiger partial charge in [-0.2, -0.15) is 4.39 Å². The highest BCUT2D eigenvalue weighted by Crippen LogP contribution is 2.36. The van der Waals surface area contributed by atoms with Crippen LogP contribution >= 0.6 is 0 Å². The molecule has 0 aromatic carbocycles. The molecule has 2 rings (SSSR count). The molecule has 1 fully saturated rings. The Morgan fingerprint density at radius 1 is 1.62 bits per heavy atom. The highest BCUT2D eigenvalue weighted by Gasteiger charge is 2.25. The summed E-state index contributed by atoms with van der Waals surface area (Å²) in [6, 6.07) is 3.27. The Morgan fingerprint density at radius 3 is 3.00 bits per heavy atom. The molecule has 1 aliphatic carbocycles. The number of hydrogen-bond donors (Lipinski definition) is 1. The van der Waals surface area contributed by atoms with Crippen LogP contribution in [0, 0.1) is 11.9 Å². The van der Waals surface area contributed by atoms with Gasteiger partial charge < -0.3 is 5.73 Å². The fraction of sp³-hybridized carbons (Fsp3) is 0.500. The number of pyridine rings is 1. The van der Waals surface area contributed by atoms with E-state index < -0.39 is 5.95 Å². The third kappa shape index (κ3) is 2.04. The van der Waals surface area contributed by atoms with E-state index >= 15 is 0 Å². The molecule has 1 aromatic rings. The van der Waals surface area contributed by atoms with Crippen molar-refractivity contribution in [2.45, 2.75) is 25.3 Å². The average Bonchev–Trinajstić information content (AvgIpc) is 2.89. The monoisotopic (exact) mass is 180 g/mol. The maximum absolute atomic E-state index is 13.1. The van der Waals surface area contributed by atoms with Gasteiger partial charge in [0.15, 0.2) is 0 Å². The van der Waals surface area contributed by atoms with Crippen LogP contribution in [-0.4, -0.2) is 4.98 Å². The number of nitrogens with zero attached hydrogens (tertiary/aromatic N) is 1. The summed E-state index contributed by atoms with van der Waals surface area (Å²) in [5.74, 6) is 0.297. The lowest BCUT2D eigenvalue weighted by atomic mass is 10.0. The molecule has 13 heavy (non-hydrogen) atoms. The zero-order chi connectivity index (χ0) is 9.26.